The Kier molecular flexibility index (Phi) is 6.13. The molecule has 4 rings (SSSR count). The van der Waals surface area contributed by atoms with E-state index in [0.29, 0.717) is 32.6 Å². The third-order valence-electron chi connectivity index (χ3n) is 6.09. The average Bonchev–Trinajstić information content (AvgIpc) is 3.44. The lowest BCUT2D eigenvalue weighted by molar-refractivity contribution is -0.130. The highest BCUT2D eigenvalue weighted by atomic mass is 16.5. The van der Waals surface area contributed by atoms with Gasteiger partial charge in [0.25, 0.3) is 0 Å². The SMILES string of the molecule is COc1ccc(C2(C(=O)NCC(c3ccco3)n3nc(C)cc3C)CCOCC2)cc1. The van der Waals surface area contributed by atoms with Gasteiger partial charge in [-0.25, -0.2) is 0 Å². The van der Waals surface area contributed by atoms with Gasteiger partial charge in [0.15, 0.2) is 0 Å². The molecule has 1 atom stereocenters. The first-order chi connectivity index (χ1) is 15.0. The second-order valence-electron chi connectivity index (χ2n) is 8.04. The first-order valence-electron chi connectivity index (χ1n) is 10.6. The quantitative estimate of drug-likeness (QED) is 0.629. The maximum Gasteiger partial charge on any atom is 0.230 e. The van der Waals surface area contributed by atoms with Gasteiger partial charge in [-0.3, -0.25) is 9.48 Å². The summed E-state index contributed by atoms with van der Waals surface area (Å²) in [5, 5.41) is 7.82. The monoisotopic (exact) mass is 423 g/mol. The van der Waals surface area contributed by atoms with Crippen LogP contribution in [0.5, 0.6) is 5.75 Å². The summed E-state index contributed by atoms with van der Waals surface area (Å²) in [4.78, 5) is 13.6. The van der Waals surface area contributed by atoms with Crippen LogP contribution >= 0.6 is 0 Å². The number of amides is 1. The Morgan fingerprint density at radius 2 is 1.97 bits per heavy atom. The van der Waals surface area contributed by atoms with Gasteiger partial charge in [0.2, 0.25) is 5.91 Å². The highest BCUT2D eigenvalue weighted by Crippen LogP contribution is 2.36. The number of ether oxygens (including phenoxy) is 2. The molecule has 0 radical (unpaired) electrons. The predicted octanol–water partition coefficient (Wildman–Crippen LogP) is 3.56. The zero-order chi connectivity index (χ0) is 21.8. The molecule has 1 N–H and O–H groups in total. The molecule has 7 nitrogen and oxygen atoms in total. The number of aromatic nitrogens is 2. The fourth-order valence-electron chi connectivity index (χ4n) is 4.39. The molecule has 1 aliphatic rings. The largest absolute Gasteiger partial charge is 0.497 e. The molecule has 164 valence electrons. The van der Waals surface area contributed by atoms with Crippen molar-refractivity contribution in [2.75, 3.05) is 26.9 Å². The average molecular weight is 424 g/mol. The van der Waals surface area contributed by atoms with Crippen molar-refractivity contribution in [2.45, 2.75) is 38.1 Å². The van der Waals surface area contributed by atoms with Gasteiger partial charge < -0.3 is 19.2 Å². The number of furan rings is 1. The van der Waals surface area contributed by atoms with Crippen LogP contribution in [0.25, 0.3) is 0 Å². The first kappa shape index (κ1) is 21.2. The van der Waals surface area contributed by atoms with Gasteiger partial charge in [-0.15, -0.1) is 0 Å². The van der Waals surface area contributed by atoms with E-state index in [2.05, 4.69) is 10.4 Å². The summed E-state index contributed by atoms with van der Waals surface area (Å²) in [7, 11) is 1.64. The van der Waals surface area contributed by atoms with Gasteiger partial charge in [-0.2, -0.15) is 5.10 Å². The molecule has 1 aliphatic heterocycles. The standard InChI is InChI=1S/C24H29N3O4/c1-17-15-18(2)27(26-17)21(22-5-4-12-31-22)16-25-23(28)24(10-13-30-14-11-24)19-6-8-20(29-3)9-7-19/h4-9,12,15,21H,10-11,13-14,16H2,1-3H3,(H,25,28). The lowest BCUT2D eigenvalue weighted by Crippen LogP contribution is -2.49. The van der Waals surface area contributed by atoms with Crippen molar-refractivity contribution in [1.29, 1.82) is 0 Å². The second kappa shape index (κ2) is 8.98. The Balaban J connectivity index is 1.59. The molecule has 0 saturated carbocycles. The molecule has 3 heterocycles. The third kappa shape index (κ3) is 4.23. The van der Waals surface area contributed by atoms with E-state index in [4.69, 9.17) is 13.9 Å². The fraction of sp³-hybridized carbons (Fsp3) is 0.417. The molecule has 1 amide bonds. The Morgan fingerprint density at radius 3 is 2.55 bits per heavy atom. The first-order valence-corrected chi connectivity index (χ1v) is 10.6. The molecule has 2 aromatic heterocycles. The lowest BCUT2D eigenvalue weighted by Gasteiger charge is -2.36. The molecule has 1 fully saturated rings. The number of hydrogen-bond donors (Lipinski definition) is 1. The highest BCUT2D eigenvalue weighted by molar-refractivity contribution is 5.88. The molecule has 0 bridgehead atoms. The van der Waals surface area contributed by atoms with E-state index in [1.54, 1.807) is 13.4 Å². The zero-order valence-corrected chi connectivity index (χ0v) is 18.3. The Bertz CT molecular complexity index is 1000. The van der Waals surface area contributed by atoms with Crippen molar-refractivity contribution in [1.82, 2.24) is 15.1 Å². The Labute approximate surface area is 182 Å². The van der Waals surface area contributed by atoms with Crippen LogP contribution in [-0.2, 0) is 14.9 Å². The van der Waals surface area contributed by atoms with E-state index >= 15 is 0 Å². The van der Waals surface area contributed by atoms with E-state index in [9.17, 15) is 4.79 Å². The fourth-order valence-corrected chi connectivity index (χ4v) is 4.39. The minimum absolute atomic E-state index is 0.000876. The van der Waals surface area contributed by atoms with Crippen LogP contribution in [0.1, 0.15) is 41.6 Å². The number of benzene rings is 1. The topological polar surface area (TPSA) is 78.5 Å². The normalized spacial score (nSPS) is 16.6. The number of nitrogens with one attached hydrogen (secondary N) is 1. The van der Waals surface area contributed by atoms with Crippen LogP contribution in [0.3, 0.4) is 0 Å². The van der Waals surface area contributed by atoms with Crippen molar-refractivity contribution in [2.24, 2.45) is 0 Å². The van der Waals surface area contributed by atoms with E-state index in [1.807, 2.05) is 61.0 Å². The molecule has 3 aromatic rings. The summed E-state index contributed by atoms with van der Waals surface area (Å²) >= 11 is 0. The number of methoxy groups -OCH3 is 1. The van der Waals surface area contributed by atoms with Gasteiger partial charge in [0.1, 0.15) is 17.6 Å². The minimum Gasteiger partial charge on any atom is -0.497 e. The highest BCUT2D eigenvalue weighted by Gasteiger charge is 2.42. The Morgan fingerprint density at radius 1 is 1.23 bits per heavy atom. The maximum absolute atomic E-state index is 13.6. The van der Waals surface area contributed by atoms with Crippen molar-refractivity contribution in [3.8, 4) is 5.75 Å². The number of hydrogen-bond acceptors (Lipinski definition) is 5. The van der Waals surface area contributed by atoms with Gasteiger partial charge >= 0.3 is 0 Å². The van der Waals surface area contributed by atoms with Crippen LogP contribution < -0.4 is 10.1 Å². The molecular formula is C24H29N3O4. The van der Waals surface area contributed by atoms with Gasteiger partial charge in [0.05, 0.1) is 24.5 Å². The summed E-state index contributed by atoms with van der Waals surface area (Å²) in [6, 6.07) is 13.3. The molecule has 7 heteroatoms. The number of rotatable bonds is 7. The summed E-state index contributed by atoms with van der Waals surface area (Å²) in [5.74, 6) is 1.53. The lowest BCUT2D eigenvalue weighted by atomic mass is 9.73. The molecule has 31 heavy (non-hydrogen) atoms. The molecular weight excluding hydrogens is 394 g/mol. The molecule has 1 unspecified atom stereocenters. The van der Waals surface area contributed by atoms with Gasteiger partial charge in [0, 0.05) is 25.5 Å². The van der Waals surface area contributed by atoms with E-state index in [0.717, 1.165) is 28.5 Å². The van der Waals surface area contributed by atoms with Crippen molar-refractivity contribution >= 4 is 5.91 Å². The van der Waals surface area contributed by atoms with Crippen LogP contribution in [0.4, 0.5) is 0 Å². The Hall–Kier alpha value is -3.06. The zero-order valence-electron chi connectivity index (χ0n) is 18.3. The van der Waals surface area contributed by atoms with Crippen molar-refractivity contribution in [3.05, 3.63) is 71.4 Å². The smallest absolute Gasteiger partial charge is 0.230 e. The van der Waals surface area contributed by atoms with E-state index in [-0.39, 0.29) is 11.9 Å². The van der Waals surface area contributed by atoms with Crippen LogP contribution in [0, 0.1) is 13.8 Å². The maximum atomic E-state index is 13.6. The summed E-state index contributed by atoms with van der Waals surface area (Å²) < 4.78 is 18.5. The van der Waals surface area contributed by atoms with Gasteiger partial charge in [-0.1, -0.05) is 12.1 Å². The molecule has 0 spiro atoms. The minimum atomic E-state index is -0.632. The molecule has 1 saturated heterocycles. The van der Waals surface area contributed by atoms with Crippen LogP contribution in [0.15, 0.2) is 53.1 Å². The second-order valence-corrected chi connectivity index (χ2v) is 8.04. The summed E-state index contributed by atoms with van der Waals surface area (Å²) in [5.41, 5.74) is 2.30. The predicted molar refractivity (Wildman–Crippen MR) is 116 cm³/mol. The van der Waals surface area contributed by atoms with Crippen LogP contribution in [0.2, 0.25) is 0 Å². The number of nitrogens with zero attached hydrogens (tertiary/aromatic N) is 2. The summed E-state index contributed by atoms with van der Waals surface area (Å²) in [6.07, 6.45) is 2.92. The number of carbonyl (C=O) groups excluding carboxylic acids is 1. The van der Waals surface area contributed by atoms with E-state index < -0.39 is 5.41 Å². The molecule has 1 aromatic carbocycles. The van der Waals surface area contributed by atoms with Crippen molar-refractivity contribution < 1.29 is 18.7 Å². The summed E-state index contributed by atoms with van der Waals surface area (Å²) in [6.45, 7) is 5.46. The number of aryl methyl sites for hydroxylation is 2. The third-order valence-corrected chi connectivity index (χ3v) is 6.09. The van der Waals surface area contributed by atoms with Gasteiger partial charge in [-0.05, 0) is 62.6 Å². The molecule has 0 aliphatic carbocycles. The van der Waals surface area contributed by atoms with E-state index in [1.165, 1.54) is 0 Å². The number of carbonyl (C=O) groups is 1. The van der Waals surface area contributed by atoms with Crippen molar-refractivity contribution in [3.63, 3.8) is 0 Å². The van der Waals surface area contributed by atoms with Crippen LogP contribution in [-0.4, -0.2) is 42.6 Å².